The van der Waals surface area contributed by atoms with Gasteiger partial charge >= 0.3 is 325 Å². The fourth-order valence-corrected chi connectivity index (χ4v) is 25.7. The summed E-state index contributed by atoms with van der Waals surface area (Å²) in [4.78, 5) is 0. The van der Waals surface area contributed by atoms with Crippen molar-refractivity contribution in [3.63, 3.8) is 0 Å². The summed E-state index contributed by atoms with van der Waals surface area (Å²) in [5.74, 6) is 0. The van der Waals surface area contributed by atoms with E-state index in [1.54, 1.807) is 0 Å². The summed E-state index contributed by atoms with van der Waals surface area (Å²) in [6.07, 6.45) is 8.75. The minimum absolute atomic E-state index is 0. The van der Waals surface area contributed by atoms with Gasteiger partial charge in [-0.2, -0.15) is 0 Å². The zero-order chi connectivity index (χ0) is 37.2. The predicted molar refractivity (Wildman–Crippen MR) is 243 cm³/mol. The van der Waals surface area contributed by atoms with Crippen molar-refractivity contribution in [3.05, 3.63) is 182 Å². The Labute approximate surface area is 346 Å². The third kappa shape index (κ3) is 6.64. The second-order valence-corrected chi connectivity index (χ2v) is 30.6. The van der Waals surface area contributed by atoms with Crippen LogP contribution in [0.3, 0.4) is 0 Å². The molecule has 6 aromatic rings. The summed E-state index contributed by atoms with van der Waals surface area (Å²) in [6, 6.07) is 49.9. The monoisotopic (exact) mass is 858 g/mol. The minimum atomic E-state index is -5.16. The van der Waals surface area contributed by atoms with E-state index in [1.807, 2.05) is 0 Å². The summed E-state index contributed by atoms with van der Waals surface area (Å²) in [5, 5.41) is 0.747. The van der Waals surface area contributed by atoms with E-state index in [2.05, 4.69) is 193 Å². The Morgan fingerprint density at radius 2 is 1.11 bits per heavy atom. The molecule has 0 atom stereocenters. The van der Waals surface area contributed by atoms with E-state index in [1.165, 1.54) is 68.7 Å². The molecule has 0 saturated heterocycles. The topological polar surface area (TPSA) is 0 Å². The molecular weight excluding hydrogens is 810 g/mol. The van der Waals surface area contributed by atoms with Gasteiger partial charge in [-0.3, -0.25) is 0 Å². The first-order valence-corrected chi connectivity index (χ1v) is 26.0. The molecule has 0 aromatic heterocycles. The van der Waals surface area contributed by atoms with Crippen LogP contribution in [0.2, 0.25) is 5.02 Å². The molecular formula is C51H51Cl3Zr. The molecule has 0 nitrogen and oxygen atoms in total. The molecule has 0 spiro atoms. The number of fused-ring (bicyclic) bond motifs is 3. The Morgan fingerprint density at radius 3 is 1.65 bits per heavy atom. The Hall–Kier alpha value is -3.58. The van der Waals surface area contributed by atoms with Crippen molar-refractivity contribution in [3.8, 4) is 33.4 Å². The molecule has 4 heteroatoms. The molecule has 0 bridgehead atoms. The van der Waals surface area contributed by atoms with Gasteiger partial charge in [-0.15, -0.1) is 24.8 Å². The van der Waals surface area contributed by atoms with Gasteiger partial charge < -0.3 is 0 Å². The van der Waals surface area contributed by atoms with E-state index in [0.29, 0.717) is 0 Å². The zero-order valence-electron chi connectivity index (χ0n) is 32.7. The van der Waals surface area contributed by atoms with Gasteiger partial charge in [0.1, 0.15) is 0 Å². The van der Waals surface area contributed by atoms with Crippen LogP contribution in [-0.4, -0.2) is 4.21 Å². The first kappa shape index (κ1) is 41.1. The van der Waals surface area contributed by atoms with Gasteiger partial charge in [-0.05, 0) is 0 Å². The second kappa shape index (κ2) is 15.1. The fraction of sp³-hybridized carbons (Fsp3) is 0.196. The number of halogens is 3. The predicted octanol–water partition coefficient (Wildman–Crippen LogP) is 12.9. The molecule has 0 unspecified atom stereocenters. The van der Waals surface area contributed by atoms with Crippen molar-refractivity contribution in [1.29, 1.82) is 0 Å². The molecule has 2 aliphatic carbocycles. The average Bonchev–Trinajstić information content (AvgIpc) is 3.83. The van der Waals surface area contributed by atoms with Crippen LogP contribution >= 0.6 is 36.4 Å². The number of benzene rings is 6. The summed E-state index contributed by atoms with van der Waals surface area (Å²) in [5.41, 5.74) is 13.3. The molecule has 0 saturated carbocycles. The van der Waals surface area contributed by atoms with Crippen LogP contribution < -0.4 is 9.81 Å². The summed E-state index contributed by atoms with van der Waals surface area (Å²) >= 11 is 1.56. The SMILES string of the molecule is Cl.Cl.[CH2]=[Zr]([C]1=CC=CC1)([c]1ccccc1)([c]1ccc(Cl)cc1)[c]1c2c(cc(C(C)(C)C)c1-c1ccccc1)-c1cc(C(C)(C)C)c(-c3ccccc3)cc1C2. The molecule has 0 heterocycles. The summed E-state index contributed by atoms with van der Waals surface area (Å²) in [6.45, 7) is 14.2. The van der Waals surface area contributed by atoms with Crippen molar-refractivity contribution < 1.29 is 18.3 Å². The molecule has 8 rings (SSSR count). The molecule has 55 heavy (non-hydrogen) atoms. The summed E-state index contributed by atoms with van der Waals surface area (Å²) < 4.78 is 11.5. The van der Waals surface area contributed by atoms with E-state index in [0.717, 1.165) is 17.9 Å². The van der Waals surface area contributed by atoms with Crippen LogP contribution in [-0.2, 0) is 35.5 Å². The van der Waals surface area contributed by atoms with Crippen molar-refractivity contribution >= 4 is 50.4 Å². The molecule has 0 amide bonds. The van der Waals surface area contributed by atoms with Crippen LogP contribution in [0.25, 0.3) is 33.4 Å². The first-order chi connectivity index (χ1) is 25.3. The Morgan fingerprint density at radius 1 is 0.582 bits per heavy atom. The van der Waals surface area contributed by atoms with Gasteiger partial charge in [-0.25, -0.2) is 0 Å². The second-order valence-electron chi connectivity index (χ2n) is 17.3. The molecule has 0 radical (unpaired) electrons. The molecule has 6 aromatic carbocycles. The number of rotatable bonds is 6. The van der Waals surface area contributed by atoms with Gasteiger partial charge in [0.2, 0.25) is 0 Å². The molecule has 2 aliphatic rings. The van der Waals surface area contributed by atoms with Gasteiger partial charge in [0.25, 0.3) is 0 Å². The first-order valence-electron chi connectivity index (χ1n) is 19.0. The number of allylic oxidation sites excluding steroid dienone is 4. The maximum atomic E-state index is 6.72. The van der Waals surface area contributed by atoms with Crippen molar-refractivity contribution in [2.45, 2.75) is 65.2 Å². The van der Waals surface area contributed by atoms with Gasteiger partial charge in [0.15, 0.2) is 0 Å². The van der Waals surface area contributed by atoms with Crippen molar-refractivity contribution in [2.75, 3.05) is 0 Å². The van der Waals surface area contributed by atoms with E-state index < -0.39 is 18.3 Å². The fourth-order valence-electron chi connectivity index (χ4n) is 9.43. The van der Waals surface area contributed by atoms with Gasteiger partial charge in [-0.1, -0.05) is 0 Å². The Balaban J connectivity index is 0.00000257. The Bertz CT molecular complexity index is 2500. The quantitative estimate of drug-likeness (QED) is 0.156. The zero-order valence-corrected chi connectivity index (χ0v) is 37.6. The summed E-state index contributed by atoms with van der Waals surface area (Å²) in [7, 11) is 0. The number of hydrogen-bond donors (Lipinski definition) is 0. The van der Waals surface area contributed by atoms with E-state index in [-0.39, 0.29) is 35.6 Å². The normalized spacial score (nSPS) is 13.7. The Kier molecular flexibility index (Phi) is 11.2. The van der Waals surface area contributed by atoms with Crippen LogP contribution in [0.4, 0.5) is 0 Å². The van der Waals surface area contributed by atoms with E-state index in [4.69, 9.17) is 15.8 Å². The third-order valence-electron chi connectivity index (χ3n) is 12.0. The van der Waals surface area contributed by atoms with Crippen LogP contribution in [0.5, 0.6) is 0 Å². The molecule has 280 valence electrons. The van der Waals surface area contributed by atoms with E-state index >= 15 is 0 Å². The molecule has 0 N–H and O–H groups in total. The van der Waals surface area contributed by atoms with Crippen molar-refractivity contribution in [1.82, 2.24) is 0 Å². The van der Waals surface area contributed by atoms with Crippen LogP contribution in [0, 0.1) is 0 Å². The molecule has 0 fully saturated rings. The maximum absolute atomic E-state index is 6.72. The van der Waals surface area contributed by atoms with E-state index in [9.17, 15) is 0 Å². The average molecular weight is 862 g/mol. The van der Waals surface area contributed by atoms with Crippen LogP contribution in [0.15, 0.2) is 155 Å². The van der Waals surface area contributed by atoms with Crippen LogP contribution in [0.1, 0.15) is 70.2 Å². The van der Waals surface area contributed by atoms with Crippen molar-refractivity contribution in [2.24, 2.45) is 0 Å². The number of hydrogen-bond acceptors (Lipinski definition) is 0. The van der Waals surface area contributed by atoms with Gasteiger partial charge in [0, 0.05) is 0 Å². The molecule has 0 aliphatic heterocycles. The van der Waals surface area contributed by atoms with Gasteiger partial charge in [0.05, 0.1) is 0 Å². The standard InChI is InChI=1S/C33H33.C6H4Cl.C6H5.C5H5.CH2.2ClH.Zr/c1-32(2,3)30-20-26-24(18-28(30)22-13-9-7-10-14-22)17-25-19-29(23-15-11-8-12-16-23)31(21-27(25)26)33(4,5)6;7-6-4-2-1-3-5-6;1-2-4-6-5-3-1;1-2-4-5-3-1;;;;/h7-16,18,20-21H,17H2,1-6H3;2-5H;1-5H;1-3H,4H2;1H2;2*1H;. The third-order valence-corrected chi connectivity index (χ3v) is 28.6.